The van der Waals surface area contributed by atoms with Crippen LogP contribution in [0.5, 0.6) is 0 Å². The van der Waals surface area contributed by atoms with Crippen molar-refractivity contribution in [2.75, 3.05) is 0 Å². The summed E-state index contributed by atoms with van der Waals surface area (Å²) in [6.07, 6.45) is 7.37. The second-order valence-corrected chi connectivity index (χ2v) is 6.10. The Morgan fingerprint density at radius 3 is 2.38 bits per heavy atom. The van der Waals surface area contributed by atoms with Crippen LogP contribution in [0.2, 0.25) is 0 Å². The van der Waals surface area contributed by atoms with Gasteiger partial charge in [-0.3, -0.25) is 4.98 Å². The van der Waals surface area contributed by atoms with Crippen molar-refractivity contribution in [3.63, 3.8) is 0 Å². The number of aromatic nitrogens is 1. The summed E-state index contributed by atoms with van der Waals surface area (Å²) in [6.45, 7) is 2.33. The molecule has 2 heteroatoms. The fourth-order valence-corrected chi connectivity index (χ4v) is 3.40. The Labute approximate surface area is 127 Å². The number of pyridine rings is 1. The number of rotatable bonds is 5. The minimum Gasteiger partial charge on any atom is -0.302 e. The molecule has 1 heterocycles. The van der Waals surface area contributed by atoms with Crippen molar-refractivity contribution in [2.45, 2.75) is 44.7 Å². The SMILES string of the molecule is C[C@H](NC(c1ccccc1)c1ccccn1)C1CCCC1. The highest BCUT2D eigenvalue weighted by Crippen LogP contribution is 2.30. The van der Waals surface area contributed by atoms with E-state index in [9.17, 15) is 0 Å². The summed E-state index contributed by atoms with van der Waals surface area (Å²) < 4.78 is 0. The molecule has 0 saturated heterocycles. The molecule has 110 valence electrons. The predicted octanol–water partition coefficient (Wildman–Crippen LogP) is 4.34. The molecule has 2 aromatic rings. The van der Waals surface area contributed by atoms with Gasteiger partial charge in [0.2, 0.25) is 0 Å². The van der Waals surface area contributed by atoms with Crippen molar-refractivity contribution in [3.05, 3.63) is 66.0 Å². The van der Waals surface area contributed by atoms with Gasteiger partial charge in [0, 0.05) is 12.2 Å². The molecule has 0 spiro atoms. The van der Waals surface area contributed by atoms with Crippen molar-refractivity contribution in [3.8, 4) is 0 Å². The average Bonchev–Trinajstić information content (AvgIpc) is 3.09. The molecule has 0 amide bonds. The standard InChI is InChI=1S/C19H24N2/c1-15(16-9-5-6-10-16)21-19(17-11-3-2-4-12-17)18-13-7-8-14-20-18/h2-4,7-8,11-16,19,21H,5-6,9-10H2,1H3/t15-,19?/m0/s1. The largest absolute Gasteiger partial charge is 0.302 e. The zero-order chi connectivity index (χ0) is 14.5. The monoisotopic (exact) mass is 280 g/mol. The molecule has 1 aliphatic carbocycles. The lowest BCUT2D eigenvalue weighted by Gasteiger charge is -2.27. The molecule has 1 aliphatic rings. The van der Waals surface area contributed by atoms with E-state index < -0.39 is 0 Å². The maximum Gasteiger partial charge on any atom is 0.0753 e. The van der Waals surface area contributed by atoms with Gasteiger partial charge in [-0.05, 0) is 43.4 Å². The first-order valence-corrected chi connectivity index (χ1v) is 8.06. The quantitative estimate of drug-likeness (QED) is 0.881. The van der Waals surface area contributed by atoms with E-state index >= 15 is 0 Å². The van der Waals surface area contributed by atoms with Crippen LogP contribution >= 0.6 is 0 Å². The second kappa shape index (κ2) is 6.86. The fourth-order valence-electron chi connectivity index (χ4n) is 3.40. The lowest BCUT2D eigenvalue weighted by atomic mass is 9.96. The average molecular weight is 280 g/mol. The van der Waals surface area contributed by atoms with E-state index in [0.29, 0.717) is 6.04 Å². The van der Waals surface area contributed by atoms with Crippen molar-refractivity contribution in [2.24, 2.45) is 5.92 Å². The van der Waals surface area contributed by atoms with Gasteiger partial charge in [0.1, 0.15) is 0 Å². The van der Waals surface area contributed by atoms with Crippen LogP contribution in [0.3, 0.4) is 0 Å². The van der Waals surface area contributed by atoms with Gasteiger partial charge in [-0.1, -0.05) is 49.2 Å². The van der Waals surface area contributed by atoms with E-state index in [1.165, 1.54) is 31.2 Å². The molecule has 2 atom stereocenters. The van der Waals surface area contributed by atoms with Gasteiger partial charge >= 0.3 is 0 Å². The summed E-state index contributed by atoms with van der Waals surface area (Å²) in [5.41, 5.74) is 2.40. The van der Waals surface area contributed by atoms with Crippen molar-refractivity contribution >= 4 is 0 Å². The molecule has 1 aromatic heterocycles. The van der Waals surface area contributed by atoms with E-state index in [4.69, 9.17) is 0 Å². The van der Waals surface area contributed by atoms with Crippen LogP contribution in [0.25, 0.3) is 0 Å². The number of nitrogens with zero attached hydrogens (tertiary/aromatic N) is 1. The van der Waals surface area contributed by atoms with Crippen LogP contribution in [0.15, 0.2) is 54.7 Å². The molecule has 1 saturated carbocycles. The topological polar surface area (TPSA) is 24.9 Å². The van der Waals surface area contributed by atoms with Crippen LogP contribution in [0.1, 0.15) is 49.9 Å². The highest BCUT2D eigenvalue weighted by molar-refractivity contribution is 5.27. The molecule has 0 aliphatic heterocycles. The van der Waals surface area contributed by atoms with E-state index in [1.54, 1.807) is 0 Å². The summed E-state index contributed by atoms with van der Waals surface area (Å²) in [5, 5.41) is 3.83. The Kier molecular flexibility index (Phi) is 4.66. The van der Waals surface area contributed by atoms with Crippen molar-refractivity contribution < 1.29 is 0 Å². The van der Waals surface area contributed by atoms with Gasteiger partial charge in [-0.15, -0.1) is 0 Å². The molecule has 0 bridgehead atoms. The third kappa shape index (κ3) is 3.51. The fraction of sp³-hybridized carbons (Fsp3) is 0.421. The zero-order valence-corrected chi connectivity index (χ0v) is 12.7. The Bertz CT molecular complexity index is 493. The summed E-state index contributed by atoms with van der Waals surface area (Å²) in [5.74, 6) is 0.805. The first-order chi connectivity index (χ1) is 10.3. The van der Waals surface area contributed by atoms with Crippen LogP contribution in [0, 0.1) is 5.92 Å². The van der Waals surface area contributed by atoms with E-state index in [1.807, 2.05) is 12.3 Å². The Hall–Kier alpha value is -1.67. The molecule has 2 nitrogen and oxygen atoms in total. The molecule has 1 aromatic carbocycles. The van der Waals surface area contributed by atoms with Crippen LogP contribution in [-0.2, 0) is 0 Å². The Balaban J connectivity index is 1.82. The summed E-state index contributed by atoms with van der Waals surface area (Å²) in [6, 6.07) is 17.5. The third-order valence-electron chi connectivity index (χ3n) is 4.65. The van der Waals surface area contributed by atoms with Crippen LogP contribution < -0.4 is 5.32 Å². The maximum atomic E-state index is 4.57. The molecule has 0 radical (unpaired) electrons. The summed E-state index contributed by atoms with van der Waals surface area (Å²) in [4.78, 5) is 4.57. The number of nitrogens with one attached hydrogen (secondary N) is 1. The van der Waals surface area contributed by atoms with Crippen molar-refractivity contribution in [1.29, 1.82) is 0 Å². The first-order valence-electron chi connectivity index (χ1n) is 8.06. The van der Waals surface area contributed by atoms with Gasteiger partial charge in [0.25, 0.3) is 0 Å². The lowest BCUT2D eigenvalue weighted by Crippen LogP contribution is -2.36. The van der Waals surface area contributed by atoms with E-state index in [-0.39, 0.29) is 6.04 Å². The van der Waals surface area contributed by atoms with Gasteiger partial charge in [-0.2, -0.15) is 0 Å². The highest BCUT2D eigenvalue weighted by atomic mass is 15.0. The molecule has 3 rings (SSSR count). The number of hydrogen-bond acceptors (Lipinski definition) is 2. The number of benzene rings is 1. The highest BCUT2D eigenvalue weighted by Gasteiger charge is 2.25. The number of hydrogen-bond donors (Lipinski definition) is 1. The lowest BCUT2D eigenvalue weighted by molar-refractivity contribution is 0.358. The van der Waals surface area contributed by atoms with Gasteiger partial charge in [-0.25, -0.2) is 0 Å². The van der Waals surface area contributed by atoms with Crippen LogP contribution in [0.4, 0.5) is 0 Å². The second-order valence-electron chi connectivity index (χ2n) is 6.10. The molecule has 21 heavy (non-hydrogen) atoms. The normalized spacial score (nSPS) is 18.5. The minimum atomic E-state index is 0.183. The molecular weight excluding hydrogens is 256 g/mol. The maximum absolute atomic E-state index is 4.57. The van der Waals surface area contributed by atoms with E-state index in [2.05, 4.69) is 59.7 Å². The Morgan fingerprint density at radius 1 is 1.00 bits per heavy atom. The Morgan fingerprint density at radius 2 is 1.71 bits per heavy atom. The predicted molar refractivity (Wildman–Crippen MR) is 87.1 cm³/mol. The van der Waals surface area contributed by atoms with Crippen molar-refractivity contribution in [1.82, 2.24) is 10.3 Å². The molecular formula is C19H24N2. The first kappa shape index (κ1) is 14.3. The summed E-state index contributed by atoms with van der Waals surface area (Å²) in [7, 11) is 0. The minimum absolute atomic E-state index is 0.183. The van der Waals surface area contributed by atoms with E-state index in [0.717, 1.165) is 11.6 Å². The molecule has 1 fully saturated rings. The van der Waals surface area contributed by atoms with Gasteiger partial charge < -0.3 is 5.32 Å². The zero-order valence-electron chi connectivity index (χ0n) is 12.7. The molecule has 1 N–H and O–H groups in total. The molecule has 1 unspecified atom stereocenters. The van der Waals surface area contributed by atoms with Crippen LogP contribution in [-0.4, -0.2) is 11.0 Å². The summed E-state index contributed by atoms with van der Waals surface area (Å²) >= 11 is 0. The third-order valence-corrected chi connectivity index (χ3v) is 4.65. The van der Waals surface area contributed by atoms with Gasteiger partial charge in [0.05, 0.1) is 11.7 Å². The smallest absolute Gasteiger partial charge is 0.0753 e. The van der Waals surface area contributed by atoms with Gasteiger partial charge in [0.15, 0.2) is 0 Å².